The zero-order chi connectivity index (χ0) is 13.5. The minimum absolute atomic E-state index is 0.0922. The van der Waals surface area contributed by atoms with Crippen molar-refractivity contribution in [2.45, 2.75) is 37.3 Å². The lowest BCUT2D eigenvalue weighted by Gasteiger charge is -2.35. The molecule has 2 saturated carbocycles. The van der Waals surface area contributed by atoms with Gasteiger partial charge in [0, 0.05) is 32.2 Å². The molecule has 3 fully saturated rings. The highest BCUT2D eigenvalue weighted by atomic mass is 16.2. The fourth-order valence-corrected chi connectivity index (χ4v) is 2.48. The Labute approximate surface area is 113 Å². The molecule has 0 unspecified atom stereocenters. The SMILES string of the molecule is NC1(C(=O)N2CCN(CC(=O)NC3CC3)CC2)CC1. The molecule has 0 radical (unpaired) electrons. The maximum Gasteiger partial charge on any atom is 0.242 e. The number of hydrogen-bond donors (Lipinski definition) is 2. The Kier molecular flexibility index (Phi) is 3.22. The molecule has 1 saturated heterocycles. The van der Waals surface area contributed by atoms with Gasteiger partial charge in [-0.2, -0.15) is 0 Å². The zero-order valence-electron chi connectivity index (χ0n) is 11.2. The Morgan fingerprint density at radius 3 is 2.32 bits per heavy atom. The quantitative estimate of drug-likeness (QED) is 0.677. The van der Waals surface area contributed by atoms with E-state index in [1.54, 1.807) is 0 Å². The number of nitrogens with two attached hydrogens (primary N) is 1. The molecule has 0 aromatic rings. The van der Waals surface area contributed by atoms with Crippen LogP contribution in [0.2, 0.25) is 0 Å². The summed E-state index contributed by atoms with van der Waals surface area (Å²) in [6.07, 6.45) is 3.87. The first-order chi connectivity index (χ1) is 9.07. The van der Waals surface area contributed by atoms with E-state index in [9.17, 15) is 9.59 Å². The summed E-state index contributed by atoms with van der Waals surface area (Å²) in [4.78, 5) is 27.7. The predicted molar refractivity (Wildman–Crippen MR) is 70.3 cm³/mol. The minimum atomic E-state index is -0.564. The topological polar surface area (TPSA) is 78.7 Å². The monoisotopic (exact) mass is 266 g/mol. The van der Waals surface area contributed by atoms with Gasteiger partial charge in [0.05, 0.1) is 12.1 Å². The van der Waals surface area contributed by atoms with Crippen molar-refractivity contribution in [1.29, 1.82) is 0 Å². The molecule has 0 spiro atoms. The second-order valence-electron chi connectivity index (χ2n) is 6.07. The van der Waals surface area contributed by atoms with Gasteiger partial charge in [0.15, 0.2) is 0 Å². The number of hydrogen-bond acceptors (Lipinski definition) is 4. The third kappa shape index (κ3) is 3.06. The number of carbonyl (C=O) groups excluding carboxylic acids is 2. The molecule has 0 aromatic carbocycles. The first-order valence-corrected chi connectivity index (χ1v) is 7.17. The molecule has 2 amide bonds. The zero-order valence-corrected chi connectivity index (χ0v) is 11.2. The highest BCUT2D eigenvalue weighted by Crippen LogP contribution is 2.34. The highest BCUT2D eigenvalue weighted by Gasteiger charge is 2.48. The number of amides is 2. The molecule has 1 aliphatic heterocycles. The van der Waals surface area contributed by atoms with E-state index in [1.165, 1.54) is 0 Å². The highest BCUT2D eigenvalue weighted by molar-refractivity contribution is 5.89. The lowest BCUT2D eigenvalue weighted by atomic mass is 10.2. The predicted octanol–water partition coefficient (Wildman–Crippen LogP) is -1.10. The second-order valence-corrected chi connectivity index (χ2v) is 6.07. The molecule has 6 nitrogen and oxygen atoms in total. The number of carbonyl (C=O) groups is 2. The molecule has 3 rings (SSSR count). The van der Waals surface area contributed by atoms with Gasteiger partial charge < -0.3 is 16.0 Å². The van der Waals surface area contributed by atoms with Gasteiger partial charge in [-0.1, -0.05) is 0 Å². The molecule has 3 aliphatic rings. The van der Waals surface area contributed by atoms with Gasteiger partial charge in [-0.3, -0.25) is 14.5 Å². The minimum Gasteiger partial charge on any atom is -0.352 e. The van der Waals surface area contributed by atoms with E-state index >= 15 is 0 Å². The largest absolute Gasteiger partial charge is 0.352 e. The molecule has 2 aliphatic carbocycles. The molecular weight excluding hydrogens is 244 g/mol. The number of nitrogens with zero attached hydrogens (tertiary/aromatic N) is 2. The summed E-state index contributed by atoms with van der Waals surface area (Å²) in [6.45, 7) is 3.36. The molecule has 1 heterocycles. The third-order valence-corrected chi connectivity index (χ3v) is 4.18. The van der Waals surface area contributed by atoms with Crippen LogP contribution in [0.5, 0.6) is 0 Å². The first kappa shape index (κ1) is 12.9. The molecule has 0 bridgehead atoms. The summed E-state index contributed by atoms with van der Waals surface area (Å²) >= 11 is 0. The van der Waals surface area contributed by atoms with Crippen molar-refractivity contribution in [3.05, 3.63) is 0 Å². The van der Waals surface area contributed by atoms with Gasteiger partial charge in [-0.05, 0) is 25.7 Å². The molecule has 106 valence electrons. The summed E-state index contributed by atoms with van der Waals surface area (Å²) in [6, 6.07) is 0.419. The van der Waals surface area contributed by atoms with Crippen molar-refractivity contribution in [2.75, 3.05) is 32.7 Å². The van der Waals surface area contributed by atoms with Crippen LogP contribution in [0.1, 0.15) is 25.7 Å². The smallest absolute Gasteiger partial charge is 0.242 e. The van der Waals surface area contributed by atoms with Crippen LogP contribution in [-0.2, 0) is 9.59 Å². The van der Waals surface area contributed by atoms with Crippen molar-refractivity contribution in [2.24, 2.45) is 5.73 Å². The Morgan fingerprint density at radius 2 is 1.79 bits per heavy atom. The van der Waals surface area contributed by atoms with Crippen LogP contribution in [0.25, 0.3) is 0 Å². The van der Waals surface area contributed by atoms with Crippen LogP contribution in [-0.4, -0.2) is 65.9 Å². The van der Waals surface area contributed by atoms with Crippen LogP contribution in [0.3, 0.4) is 0 Å². The Bertz CT molecular complexity index is 382. The summed E-state index contributed by atoms with van der Waals surface area (Å²) in [5, 5.41) is 2.99. The van der Waals surface area contributed by atoms with Crippen molar-refractivity contribution in [3.8, 4) is 0 Å². The summed E-state index contributed by atoms with van der Waals surface area (Å²) in [7, 11) is 0. The Morgan fingerprint density at radius 1 is 1.16 bits per heavy atom. The maximum atomic E-state index is 12.1. The second kappa shape index (κ2) is 4.76. The van der Waals surface area contributed by atoms with Crippen molar-refractivity contribution < 1.29 is 9.59 Å². The lowest BCUT2D eigenvalue weighted by molar-refractivity contribution is -0.135. The Balaban J connectivity index is 1.41. The van der Waals surface area contributed by atoms with E-state index in [2.05, 4.69) is 10.2 Å². The Hall–Kier alpha value is -1.14. The van der Waals surface area contributed by atoms with Crippen LogP contribution in [0, 0.1) is 0 Å². The number of piperazine rings is 1. The normalized spacial score (nSPS) is 26.1. The van der Waals surface area contributed by atoms with Crippen molar-refractivity contribution in [3.63, 3.8) is 0 Å². The van der Waals surface area contributed by atoms with Crippen LogP contribution >= 0.6 is 0 Å². The standard InChI is InChI=1S/C13H22N4O2/c14-13(3-4-13)12(19)17-7-5-16(6-8-17)9-11(18)15-10-1-2-10/h10H,1-9,14H2,(H,15,18). The molecule has 3 N–H and O–H groups in total. The molecular formula is C13H22N4O2. The fraction of sp³-hybridized carbons (Fsp3) is 0.846. The van der Waals surface area contributed by atoms with E-state index < -0.39 is 5.54 Å². The lowest BCUT2D eigenvalue weighted by Crippen LogP contribution is -2.55. The molecule has 6 heteroatoms. The van der Waals surface area contributed by atoms with Gasteiger partial charge in [0.1, 0.15) is 0 Å². The summed E-state index contributed by atoms with van der Waals surface area (Å²) in [5.74, 6) is 0.203. The van der Waals surface area contributed by atoms with Gasteiger partial charge in [0.25, 0.3) is 0 Å². The van der Waals surface area contributed by atoms with Crippen LogP contribution < -0.4 is 11.1 Å². The third-order valence-electron chi connectivity index (χ3n) is 4.18. The number of nitrogens with one attached hydrogen (secondary N) is 1. The average Bonchev–Trinajstić information content (AvgIpc) is 3.29. The van der Waals surface area contributed by atoms with E-state index in [-0.39, 0.29) is 11.8 Å². The summed E-state index contributed by atoms with van der Waals surface area (Å²) < 4.78 is 0. The molecule has 19 heavy (non-hydrogen) atoms. The van der Waals surface area contributed by atoms with E-state index in [0.29, 0.717) is 25.7 Å². The van der Waals surface area contributed by atoms with E-state index in [1.807, 2.05) is 4.90 Å². The van der Waals surface area contributed by atoms with Crippen LogP contribution in [0.4, 0.5) is 0 Å². The van der Waals surface area contributed by atoms with Gasteiger partial charge >= 0.3 is 0 Å². The van der Waals surface area contributed by atoms with Gasteiger partial charge in [0.2, 0.25) is 11.8 Å². The molecule has 0 aromatic heterocycles. The molecule has 0 atom stereocenters. The van der Waals surface area contributed by atoms with Gasteiger partial charge in [-0.15, -0.1) is 0 Å². The fourth-order valence-electron chi connectivity index (χ4n) is 2.48. The van der Waals surface area contributed by atoms with Crippen molar-refractivity contribution in [1.82, 2.24) is 15.1 Å². The summed E-state index contributed by atoms with van der Waals surface area (Å²) in [5.41, 5.74) is 5.37. The average molecular weight is 266 g/mol. The number of rotatable bonds is 4. The van der Waals surface area contributed by atoms with Crippen molar-refractivity contribution >= 4 is 11.8 Å². The van der Waals surface area contributed by atoms with E-state index in [0.717, 1.165) is 38.8 Å². The van der Waals surface area contributed by atoms with Crippen LogP contribution in [0.15, 0.2) is 0 Å². The van der Waals surface area contributed by atoms with E-state index in [4.69, 9.17) is 5.73 Å². The maximum absolute atomic E-state index is 12.1. The van der Waals surface area contributed by atoms with Gasteiger partial charge in [-0.25, -0.2) is 0 Å². The first-order valence-electron chi connectivity index (χ1n) is 7.17.